The minimum absolute atomic E-state index is 0.0423. The predicted octanol–water partition coefficient (Wildman–Crippen LogP) is 2.52. The van der Waals surface area contributed by atoms with Crippen molar-refractivity contribution in [2.24, 2.45) is 5.92 Å². The normalized spacial score (nSPS) is 15.2. The summed E-state index contributed by atoms with van der Waals surface area (Å²) in [5, 5.41) is 9.04. The summed E-state index contributed by atoms with van der Waals surface area (Å²) in [6, 6.07) is 10.0. The molecule has 0 saturated heterocycles. The molecule has 1 amide bonds. The highest BCUT2D eigenvalue weighted by atomic mass is 16.2. The Hall–Kier alpha value is -1.82. The molecule has 1 aromatic carbocycles. The predicted molar refractivity (Wildman–Crippen MR) is 66.5 cm³/mol. The van der Waals surface area contributed by atoms with Gasteiger partial charge in [-0.15, -0.1) is 0 Å². The van der Waals surface area contributed by atoms with E-state index in [9.17, 15) is 4.79 Å². The first-order valence-electron chi connectivity index (χ1n) is 6.06. The van der Waals surface area contributed by atoms with Gasteiger partial charge in [-0.3, -0.25) is 4.79 Å². The van der Waals surface area contributed by atoms with E-state index in [1.165, 1.54) is 5.56 Å². The maximum Gasteiger partial charge on any atom is 0.244 e. The Morgan fingerprint density at radius 3 is 3.00 bits per heavy atom. The molecule has 0 bridgehead atoms. The van der Waals surface area contributed by atoms with Gasteiger partial charge in [0.2, 0.25) is 5.91 Å². The molecule has 0 fully saturated rings. The summed E-state index contributed by atoms with van der Waals surface area (Å²) in [7, 11) is 0. The third-order valence-corrected chi connectivity index (χ3v) is 3.18. The highest BCUT2D eigenvalue weighted by Gasteiger charge is 2.29. The highest BCUT2D eigenvalue weighted by Crippen LogP contribution is 2.29. The van der Waals surface area contributed by atoms with Crippen molar-refractivity contribution in [2.75, 3.05) is 11.4 Å². The van der Waals surface area contributed by atoms with Crippen LogP contribution < -0.4 is 4.90 Å². The molecule has 88 valence electrons. The van der Waals surface area contributed by atoms with E-state index in [0.29, 0.717) is 13.0 Å². The van der Waals surface area contributed by atoms with Crippen LogP contribution >= 0.6 is 0 Å². The molecule has 17 heavy (non-hydrogen) atoms. The van der Waals surface area contributed by atoms with Crippen molar-refractivity contribution < 1.29 is 4.79 Å². The molecule has 2 rings (SSSR count). The molecule has 1 unspecified atom stereocenters. The van der Waals surface area contributed by atoms with Gasteiger partial charge >= 0.3 is 0 Å². The van der Waals surface area contributed by atoms with E-state index in [0.717, 1.165) is 18.5 Å². The number of hydrogen-bond donors (Lipinski definition) is 0. The molecule has 0 N–H and O–H groups in total. The molecule has 0 saturated carbocycles. The number of nitriles is 1. The van der Waals surface area contributed by atoms with Gasteiger partial charge in [-0.05, 0) is 24.5 Å². The molecule has 1 aliphatic heterocycles. The Balaban J connectivity index is 2.20. The topological polar surface area (TPSA) is 44.1 Å². The van der Waals surface area contributed by atoms with E-state index >= 15 is 0 Å². The van der Waals surface area contributed by atoms with Gasteiger partial charge in [0.05, 0.1) is 6.07 Å². The van der Waals surface area contributed by atoms with Crippen LogP contribution in [0.1, 0.15) is 25.3 Å². The molecule has 0 aliphatic carbocycles. The van der Waals surface area contributed by atoms with Crippen LogP contribution in [0.5, 0.6) is 0 Å². The van der Waals surface area contributed by atoms with Gasteiger partial charge in [-0.25, -0.2) is 0 Å². The minimum Gasteiger partial charge on any atom is -0.311 e. The van der Waals surface area contributed by atoms with Crippen molar-refractivity contribution in [1.29, 1.82) is 5.26 Å². The van der Waals surface area contributed by atoms with Gasteiger partial charge in [0, 0.05) is 12.2 Å². The fraction of sp³-hybridized carbons (Fsp3) is 0.429. The number of hydrogen-bond acceptors (Lipinski definition) is 2. The SMILES string of the molecule is CCCC(C#N)C(=O)N1CCc2ccccc21. The zero-order valence-electron chi connectivity index (χ0n) is 10.0. The second-order valence-corrected chi connectivity index (χ2v) is 4.34. The molecular weight excluding hydrogens is 212 g/mol. The number of anilines is 1. The third-order valence-electron chi connectivity index (χ3n) is 3.18. The van der Waals surface area contributed by atoms with E-state index in [1.54, 1.807) is 4.90 Å². The van der Waals surface area contributed by atoms with Crippen LogP contribution in [0.4, 0.5) is 5.69 Å². The summed E-state index contributed by atoms with van der Waals surface area (Å²) in [6.45, 7) is 2.70. The summed E-state index contributed by atoms with van der Waals surface area (Å²) in [4.78, 5) is 14.0. The van der Waals surface area contributed by atoms with E-state index < -0.39 is 5.92 Å². The Morgan fingerprint density at radius 1 is 1.53 bits per heavy atom. The summed E-state index contributed by atoms with van der Waals surface area (Å²) in [5.74, 6) is -0.537. The lowest BCUT2D eigenvalue weighted by atomic mass is 10.0. The molecule has 1 aromatic rings. The molecular formula is C14H16N2O. The van der Waals surface area contributed by atoms with Crippen LogP contribution in [0.3, 0.4) is 0 Å². The monoisotopic (exact) mass is 228 g/mol. The number of rotatable bonds is 3. The van der Waals surface area contributed by atoms with Crippen molar-refractivity contribution in [3.05, 3.63) is 29.8 Å². The van der Waals surface area contributed by atoms with Gasteiger partial charge < -0.3 is 4.90 Å². The Bertz CT molecular complexity index is 462. The van der Waals surface area contributed by atoms with Crippen molar-refractivity contribution in [3.8, 4) is 6.07 Å². The average molecular weight is 228 g/mol. The zero-order chi connectivity index (χ0) is 12.3. The van der Waals surface area contributed by atoms with Crippen LogP contribution in [0.15, 0.2) is 24.3 Å². The smallest absolute Gasteiger partial charge is 0.244 e. The highest BCUT2D eigenvalue weighted by molar-refractivity contribution is 5.98. The molecule has 3 heteroatoms. The fourth-order valence-electron chi connectivity index (χ4n) is 2.29. The zero-order valence-corrected chi connectivity index (χ0v) is 10.0. The van der Waals surface area contributed by atoms with Crippen LogP contribution in [0.25, 0.3) is 0 Å². The van der Waals surface area contributed by atoms with Gasteiger partial charge in [0.15, 0.2) is 0 Å². The average Bonchev–Trinajstić information content (AvgIpc) is 2.79. The van der Waals surface area contributed by atoms with Crippen LogP contribution in [0, 0.1) is 17.2 Å². The summed E-state index contributed by atoms with van der Waals surface area (Å²) < 4.78 is 0. The lowest BCUT2D eigenvalue weighted by Gasteiger charge is -2.19. The number of fused-ring (bicyclic) bond motifs is 1. The minimum atomic E-state index is -0.494. The number of para-hydroxylation sites is 1. The van der Waals surface area contributed by atoms with E-state index in [4.69, 9.17) is 5.26 Å². The number of benzene rings is 1. The molecule has 0 radical (unpaired) electrons. The van der Waals surface area contributed by atoms with Gasteiger partial charge in [0.1, 0.15) is 5.92 Å². The van der Waals surface area contributed by atoms with Gasteiger partial charge in [-0.2, -0.15) is 5.26 Å². The first-order valence-corrected chi connectivity index (χ1v) is 6.06. The number of carbonyl (C=O) groups is 1. The maximum atomic E-state index is 12.2. The summed E-state index contributed by atoms with van der Waals surface area (Å²) in [5.41, 5.74) is 2.18. The molecule has 1 aliphatic rings. The van der Waals surface area contributed by atoms with Crippen molar-refractivity contribution in [1.82, 2.24) is 0 Å². The lowest BCUT2D eigenvalue weighted by molar-refractivity contribution is -0.120. The molecule has 0 aromatic heterocycles. The summed E-state index contributed by atoms with van der Waals surface area (Å²) >= 11 is 0. The quantitative estimate of drug-likeness (QED) is 0.797. The van der Waals surface area contributed by atoms with Crippen LogP contribution in [-0.4, -0.2) is 12.5 Å². The van der Waals surface area contributed by atoms with E-state index in [1.807, 2.05) is 31.2 Å². The second kappa shape index (κ2) is 5.01. The van der Waals surface area contributed by atoms with Crippen molar-refractivity contribution in [3.63, 3.8) is 0 Å². The van der Waals surface area contributed by atoms with Gasteiger partial charge in [0.25, 0.3) is 0 Å². The van der Waals surface area contributed by atoms with Crippen molar-refractivity contribution >= 4 is 11.6 Å². The first-order chi connectivity index (χ1) is 8.27. The molecule has 0 spiro atoms. The number of carbonyl (C=O) groups excluding carboxylic acids is 1. The standard InChI is InChI=1S/C14H16N2O/c1-2-5-12(10-15)14(17)16-9-8-11-6-3-4-7-13(11)16/h3-4,6-7,12H,2,5,8-9H2,1H3. The summed E-state index contributed by atoms with van der Waals surface area (Å²) in [6.07, 6.45) is 2.40. The van der Waals surface area contributed by atoms with Crippen molar-refractivity contribution in [2.45, 2.75) is 26.2 Å². The first kappa shape index (κ1) is 11.7. The molecule has 1 heterocycles. The largest absolute Gasteiger partial charge is 0.311 e. The Kier molecular flexibility index (Phi) is 3.43. The Morgan fingerprint density at radius 2 is 2.29 bits per heavy atom. The number of amides is 1. The van der Waals surface area contributed by atoms with E-state index in [-0.39, 0.29) is 5.91 Å². The lowest BCUT2D eigenvalue weighted by Crippen LogP contribution is -2.34. The van der Waals surface area contributed by atoms with Gasteiger partial charge in [-0.1, -0.05) is 31.5 Å². The van der Waals surface area contributed by atoms with Crippen LogP contribution in [0.2, 0.25) is 0 Å². The fourth-order valence-corrected chi connectivity index (χ4v) is 2.29. The van der Waals surface area contributed by atoms with E-state index in [2.05, 4.69) is 6.07 Å². The second-order valence-electron chi connectivity index (χ2n) is 4.34. The van der Waals surface area contributed by atoms with Crippen LogP contribution in [-0.2, 0) is 11.2 Å². The maximum absolute atomic E-state index is 12.2. The molecule has 3 nitrogen and oxygen atoms in total. The number of nitrogens with zero attached hydrogens (tertiary/aromatic N) is 2. The molecule has 1 atom stereocenters. The Labute approximate surface area is 102 Å². The third kappa shape index (κ3) is 2.16.